The molecule has 2 aromatic rings. The third-order valence-corrected chi connectivity index (χ3v) is 5.13. The normalized spacial score (nSPS) is 14.4. The molecule has 1 N–H and O–H groups in total. The number of urea groups is 1. The van der Waals surface area contributed by atoms with Gasteiger partial charge in [0.1, 0.15) is 11.5 Å². The van der Waals surface area contributed by atoms with Crippen LogP contribution in [-0.4, -0.2) is 29.0 Å². The highest BCUT2D eigenvalue weighted by atomic mass is 16.5. The third kappa shape index (κ3) is 6.57. The van der Waals surface area contributed by atoms with Gasteiger partial charge in [-0.25, -0.2) is 4.79 Å². The number of nitrogens with zero attached hydrogens (tertiary/aromatic N) is 2. The van der Waals surface area contributed by atoms with Gasteiger partial charge < -0.3 is 15.0 Å². The number of pyridine rings is 1. The summed E-state index contributed by atoms with van der Waals surface area (Å²) in [5.74, 6) is 1.44. The van der Waals surface area contributed by atoms with E-state index in [1.807, 2.05) is 63.0 Å². The van der Waals surface area contributed by atoms with Crippen LogP contribution in [0.5, 0.6) is 5.75 Å². The molecule has 0 bridgehead atoms. The molecule has 0 unspecified atom stereocenters. The van der Waals surface area contributed by atoms with Gasteiger partial charge in [-0.15, -0.1) is 0 Å². The van der Waals surface area contributed by atoms with Crippen molar-refractivity contribution in [3.8, 4) is 5.75 Å². The first-order valence-corrected chi connectivity index (χ1v) is 10.7. The maximum Gasteiger partial charge on any atom is 0.321 e. The Kier molecular flexibility index (Phi) is 7.65. The van der Waals surface area contributed by atoms with Crippen LogP contribution >= 0.6 is 0 Å². The number of aryl methyl sites for hydroxylation is 1. The quantitative estimate of drug-likeness (QED) is 0.528. The van der Waals surface area contributed by atoms with Crippen molar-refractivity contribution in [3.63, 3.8) is 0 Å². The average Bonchev–Trinajstić information content (AvgIpc) is 2.96. The molecule has 1 aliphatic heterocycles. The second-order valence-electron chi connectivity index (χ2n) is 8.00. The van der Waals surface area contributed by atoms with Gasteiger partial charge >= 0.3 is 6.03 Å². The molecule has 0 saturated heterocycles. The zero-order valence-electron chi connectivity index (χ0n) is 18.8. The Morgan fingerprint density at radius 3 is 2.32 bits per heavy atom. The molecule has 31 heavy (non-hydrogen) atoms. The number of amides is 2. The van der Waals surface area contributed by atoms with Crippen molar-refractivity contribution >= 4 is 6.03 Å². The molecule has 0 saturated carbocycles. The Morgan fingerprint density at radius 2 is 1.71 bits per heavy atom. The molecule has 0 fully saturated rings. The molecule has 0 atom stereocenters. The van der Waals surface area contributed by atoms with Gasteiger partial charge in [0.05, 0.1) is 5.69 Å². The summed E-state index contributed by atoms with van der Waals surface area (Å²) in [6, 6.07) is 12.1. The Balaban J connectivity index is 1.68. The molecule has 5 heteroatoms. The summed E-state index contributed by atoms with van der Waals surface area (Å²) in [4.78, 5) is 19.1. The van der Waals surface area contributed by atoms with Gasteiger partial charge in [0, 0.05) is 25.0 Å². The van der Waals surface area contributed by atoms with E-state index in [0.29, 0.717) is 13.1 Å². The fraction of sp³-hybridized carbons (Fsp3) is 0.308. The van der Waals surface area contributed by atoms with Crippen LogP contribution in [-0.2, 0) is 12.8 Å². The summed E-state index contributed by atoms with van der Waals surface area (Å²) >= 11 is 0. The molecular formula is C26H31N3O2. The zero-order chi connectivity index (χ0) is 22.2. The number of carbonyl (C=O) groups is 1. The summed E-state index contributed by atoms with van der Waals surface area (Å²) in [5, 5.41) is 3.06. The van der Waals surface area contributed by atoms with E-state index in [2.05, 4.69) is 34.6 Å². The summed E-state index contributed by atoms with van der Waals surface area (Å²) < 4.78 is 5.88. The number of carbonyl (C=O) groups excluding carboxylic acids is 1. The third-order valence-electron chi connectivity index (χ3n) is 5.13. The van der Waals surface area contributed by atoms with Gasteiger partial charge in [0.25, 0.3) is 0 Å². The topological polar surface area (TPSA) is 54.5 Å². The van der Waals surface area contributed by atoms with E-state index in [0.717, 1.165) is 41.3 Å². The average molecular weight is 418 g/mol. The lowest BCUT2D eigenvalue weighted by atomic mass is 10.0. The number of benzene rings is 1. The first-order valence-electron chi connectivity index (χ1n) is 10.7. The fourth-order valence-corrected chi connectivity index (χ4v) is 3.50. The number of rotatable bonds is 5. The number of fused-ring (bicyclic) bond motifs is 1. The molecule has 1 aliphatic rings. The van der Waals surface area contributed by atoms with Crippen molar-refractivity contribution in [2.24, 2.45) is 0 Å². The van der Waals surface area contributed by atoms with Crippen LogP contribution in [0.25, 0.3) is 0 Å². The second kappa shape index (κ2) is 10.6. The SMILES string of the molecule is CC(C)=C/C(=C\C=C(/C)Oc1cccnc1C)NC(=O)N1CCc2ccccc2CC1. The predicted octanol–water partition coefficient (Wildman–Crippen LogP) is 5.33. The van der Waals surface area contributed by atoms with Crippen molar-refractivity contribution in [3.05, 3.63) is 94.7 Å². The first kappa shape index (κ1) is 22.3. The van der Waals surface area contributed by atoms with E-state index in [1.165, 1.54) is 11.1 Å². The number of ether oxygens (including phenoxy) is 1. The van der Waals surface area contributed by atoms with Gasteiger partial charge in [-0.2, -0.15) is 0 Å². The fourth-order valence-electron chi connectivity index (χ4n) is 3.50. The molecule has 1 aromatic carbocycles. The first-order chi connectivity index (χ1) is 14.9. The van der Waals surface area contributed by atoms with E-state index < -0.39 is 0 Å². The highest BCUT2D eigenvalue weighted by Crippen LogP contribution is 2.18. The minimum atomic E-state index is -0.0772. The Labute approximate surface area is 185 Å². The molecule has 2 heterocycles. The highest BCUT2D eigenvalue weighted by molar-refractivity contribution is 5.77. The summed E-state index contributed by atoms with van der Waals surface area (Å²) in [5.41, 5.74) is 5.33. The van der Waals surface area contributed by atoms with E-state index in [4.69, 9.17) is 4.74 Å². The molecule has 3 rings (SSSR count). The van der Waals surface area contributed by atoms with Gasteiger partial charge in [-0.1, -0.05) is 29.8 Å². The predicted molar refractivity (Wildman–Crippen MR) is 125 cm³/mol. The molecule has 0 aliphatic carbocycles. The molecule has 0 spiro atoms. The maximum absolute atomic E-state index is 13.0. The van der Waals surface area contributed by atoms with Gasteiger partial charge in [-0.3, -0.25) is 4.98 Å². The molecule has 2 amide bonds. The van der Waals surface area contributed by atoms with Crippen molar-refractivity contribution in [2.75, 3.05) is 13.1 Å². The zero-order valence-corrected chi connectivity index (χ0v) is 18.8. The standard InChI is InChI=1S/C26H31N3O2/c1-19(2)18-24(12-11-20(3)31-25-10-7-15-27-21(25)4)28-26(30)29-16-13-22-8-5-6-9-23(22)14-17-29/h5-12,15,18H,13-14,16-17H2,1-4H3,(H,28,30)/b20-11+,24-12+. The lowest BCUT2D eigenvalue weighted by molar-refractivity contribution is 0.203. The van der Waals surface area contributed by atoms with Crippen LogP contribution in [0, 0.1) is 6.92 Å². The van der Waals surface area contributed by atoms with Gasteiger partial charge in [-0.05, 0) is 82.0 Å². The van der Waals surface area contributed by atoms with E-state index in [-0.39, 0.29) is 6.03 Å². The van der Waals surface area contributed by atoms with Crippen LogP contribution in [0.1, 0.15) is 37.6 Å². The molecule has 5 nitrogen and oxygen atoms in total. The van der Waals surface area contributed by atoms with Crippen molar-refractivity contribution in [2.45, 2.75) is 40.5 Å². The minimum Gasteiger partial charge on any atom is -0.460 e. The Hall–Kier alpha value is -3.34. The largest absolute Gasteiger partial charge is 0.460 e. The van der Waals surface area contributed by atoms with Crippen LogP contribution in [0.15, 0.2) is 77.9 Å². The van der Waals surface area contributed by atoms with Crippen LogP contribution in [0.3, 0.4) is 0 Å². The van der Waals surface area contributed by atoms with Crippen molar-refractivity contribution < 1.29 is 9.53 Å². The van der Waals surface area contributed by atoms with E-state index in [9.17, 15) is 4.79 Å². The number of aromatic nitrogens is 1. The van der Waals surface area contributed by atoms with Crippen LogP contribution in [0.4, 0.5) is 4.79 Å². The Morgan fingerprint density at radius 1 is 1.03 bits per heavy atom. The number of hydrogen-bond acceptors (Lipinski definition) is 3. The van der Waals surface area contributed by atoms with Crippen LogP contribution in [0.2, 0.25) is 0 Å². The van der Waals surface area contributed by atoms with Gasteiger partial charge in [0.2, 0.25) is 0 Å². The molecule has 1 aromatic heterocycles. The molecule has 0 radical (unpaired) electrons. The number of hydrogen-bond donors (Lipinski definition) is 1. The summed E-state index contributed by atoms with van der Waals surface area (Å²) in [6.07, 6.45) is 9.19. The highest BCUT2D eigenvalue weighted by Gasteiger charge is 2.18. The lowest BCUT2D eigenvalue weighted by Crippen LogP contribution is -2.40. The second-order valence-corrected chi connectivity index (χ2v) is 8.00. The van der Waals surface area contributed by atoms with E-state index >= 15 is 0 Å². The molecule has 162 valence electrons. The van der Waals surface area contributed by atoms with Crippen molar-refractivity contribution in [1.82, 2.24) is 15.2 Å². The Bertz CT molecular complexity index is 990. The molecular weight excluding hydrogens is 386 g/mol. The maximum atomic E-state index is 13.0. The van der Waals surface area contributed by atoms with Gasteiger partial charge in [0.15, 0.2) is 0 Å². The summed E-state index contributed by atoms with van der Waals surface area (Å²) in [6.45, 7) is 9.24. The monoisotopic (exact) mass is 417 g/mol. The minimum absolute atomic E-state index is 0.0772. The van der Waals surface area contributed by atoms with Crippen LogP contribution < -0.4 is 10.1 Å². The smallest absolute Gasteiger partial charge is 0.321 e. The van der Waals surface area contributed by atoms with E-state index in [1.54, 1.807) is 6.20 Å². The number of nitrogens with one attached hydrogen (secondary N) is 1. The lowest BCUT2D eigenvalue weighted by Gasteiger charge is -2.21. The summed E-state index contributed by atoms with van der Waals surface area (Å²) in [7, 11) is 0. The van der Waals surface area contributed by atoms with Crippen molar-refractivity contribution in [1.29, 1.82) is 0 Å². The number of allylic oxidation sites excluding steroid dienone is 5.